The summed E-state index contributed by atoms with van der Waals surface area (Å²) in [6.07, 6.45) is 4.52. The highest BCUT2D eigenvalue weighted by Gasteiger charge is 2.41. The van der Waals surface area contributed by atoms with E-state index in [1.54, 1.807) is 4.68 Å². The van der Waals surface area contributed by atoms with Gasteiger partial charge in [0, 0.05) is 12.8 Å². The Bertz CT molecular complexity index is 541. The summed E-state index contributed by atoms with van der Waals surface area (Å²) >= 11 is 0. The Kier molecular flexibility index (Phi) is 4.05. The van der Waals surface area contributed by atoms with Crippen LogP contribution < -0.4 is 4.74 Å². The van der Waals surface area contributed by atoms with Gasteiger partial charge in [0.1, 0.15) is 6.20 Å². The predicted octanol–water partition coefficient (Wildman–Crippen LogP) is 2.44. The maximum Gasteiger partial charge on any atom is 0.350 e. The highest BCUT2D eigenvalue weighted by Crippen LogP contribution is 2.41. The average Bonchev–Trinajstić information content (AvgIpc) is 3.07. The molecule has 2 heterocycles. The van der Waals surface area contributed by atoms with Gasteiger partial charge in [-0.1, -0.05) is 0 Å². The summed E-state index contributed by atoms with van der Waals surface area (Å²) in [5.74, 6) is -0.346. The van der Waals surface area contributed by atoms with Crippen LogP contribution in [0.5, 0.6) is 5.88 Å². The van der Waals surface area contributed by atoms with Crippen molar-refractivity contribution in [3.63, 3.8) is 0 Å². The Balaban J connectivity index is 1.73. The van der Waals surface area contributed by atoms with Crippen LogP contribution in [0.2, 0.25) is 0 Å². The number of rotatable bonds is 4. The first-order valence-electron chi connectivity index (χ1n) is 7.67. The number of aromatic nitrogens is 2. The third-order valence-electron chi connectivity index (χ3n) is 4.13. The van der Waals surface area contributed by atoms with Gasteiger partial charge in [-0.15, -0.1) is 5.10 Å². The minimum absolute atomic E-state index is 0.0812. The van der Waals surface area contributed by atoms with Crippen LogP contribution in [-0.2, 0) is 9.47 Å². The molecule has 0 aromatic carbocycles. The van der Waals surface area contributed by atoms with Crippen LogP contribution in [0.4, 0.5) is 5.69 Å². The van der Waals surface area contributed by atoms with E-state index in [0.29, 0.717) is 13.2 Å². The summed E-state index contributed by atoms with van der Waals surface area (Å²) in [6.45, 7) is 4.93. The molecule has 0 unspecified atom stereocenters. The minimum Gasteiger partial charge on any atom is -0.469 e. The highest BCUT2D eigenvalue weighted by molar-refractivity contribution is 5.38. The largest absolute Gasteiger partial charge is 0.469 e. The molecule has 8 heteroatoms. The van der Waals surface area contributed by atoms with E-state index in [1.165, 1.54) is 6.20 Å². The monoisotopic (exact) mass is 311 g/mol. The zero-order valence-electron chi connectivity index (χ0n) is 12.9. The fourth-order valence-electron chi connectivity index (χ4n) is 3.08. The van der Waals surface area contributed by atoms with E-state index in [4.69, 9.17) is 14.2 Å². The van der Waals surface area contributed by atoms with Crippen molar-refractivity contribution in [2.75, 3.05) is 13.2 Å². The second kappa shape index (κ2) is 5.85. The molecule has 3 rings (SSSR count). The number of ether oxygens (including phenoxy) is 3. The van der Waals surface area contributed by atoms with E-state index in [2.05, 4.69) is 5.10 Å². The predicted molar refractivity (Wildman–Crippen MR) is 76.8 cm³/mol. The molecule has 0 atom stereocenters. The molecule has 0 N–H and O–H groups in total. The first kappa shape index (κ1) is 15.2. The molecule has 1 aromatic heterocycles. The molecular formula is C14H21N3O5. The van der Waals surface area contributed by atoms with Crippen molar-refractivity contribution in [1.29, 1.82) is 0 Å². The van der Waals surface area contributed by atoms with Gasteiger partial charge in [0.2, 0.25) is 0 Å². The lowest BCUT2D eigenvalue weighted by Gasteiger charge is -2.35. The second-order valence-electron chi connectivity index (χ2n) is 6.06. The van der Waals surface area contributed by atoms with Crippen LogP contribution in [0.25, 0.3) is 0 Å². The fraction of sp³-hybridized carbons (Fsp3) is 0.786. The summed E-state index contributed by atoms with van der Waals surface area (Å²) < 4.78 is 18.5. The molecule has 1 aliphatic heterocycles. The molecule has 1 saturated heterocycles. The molecule has 0 bridgehead atoms. The summed E-state index contributed by atoms with van der Waals surface area (Å²) in [5, 5.41) is 15.4. The van der Waals surface area contributed by atoms with Gasteiger partial charge >= 0.3 is 11.6 Å². The zero-order valence-corrected chi connectivity index (χ0v) is 12.9. The Hall–Kier alpha value is -1.67. The summed E-state index contributed by atoms with van der Waals surface area (Å²) in [4.78, 5) is 10.7. The molecule has 0 amide bonds. The Morgan fingerprint density at radius 2 is 2.05 bits per heavy atom. The first-order valence-corrected chi connectivity index (χ1v) is 7.67. The Labute approximate surface area is 128 Å². The quantitative estimate of drug-likeness (QED) is 0.627. The van der Waals surface area contributed by atoms with E-state index < -0.39 is 10.7 Å². The van der Waals surface area contributed by atoms with Gasteiger partial charge in [0.05, 0.1) is 30.3 Å². The van der Waals surface area contributed by atoms with Crippen LogP contribution in [0.15, 0.2) is 6.20 Å². The molecule has 8 nitrogen and oxygen atoms in total. The van der Waals surface area contributed by atoms with E-state index in [9.17, 15) is 10.1 Å². The van der Waals surface area contributed by atoms with Crippen LogP contribution in [0.3, 0.4) is 0 Å². The molecule has 1 saturated carbocycles. The molecule has 2 aliphatic rings. The smallest absolute Gasteiger partial charge is 0.350 e. The lowest BCUT2D eigenvalue weighted by molar-refractivity contribution is -0.386. The van der Waals surface area contributed by atoms with Crippen molar-refractivity contribution in [3.05, 3.63) is 16.3 Å². The lowest BCUT2D eigenvalue weighted by atomic mass is 9.90. The van der Waals surface area contributed by atoms with Gasteiger partial charge in [-0.2, -0.15) is 0 Å². The topological polar surface area (TPSA) is 88.7 Å². The van der Waals surface area contributed by atoms with E-state index in [1.807, 2.05) is 13.8 Å². The number of nitro groups is 1. The average molecular weight is 311 g/mol. The summed E-state index contributed by atoms with van der Waals surface area (Å²) in [5.41, 5.74) is -0.0812. The van der Waals surface area contributed by atoms with Crippen molar-refractivity contribution < 1.29 is 19.1 Å². The molecule has 2 fully saturated rings. The van der Waals surface area contributed by atoms with Gasteiger partial charge in [0.25, 0.3) is 0 Å². The van der Waals surface area contributed by atoms with Crippen molar-refractivity contribution in [1.82, 2.24) is 9.78 Å². The van der Waals surface area contributed by atoms with Crippen molar-refractivity contribution >= 4 is 5.69 Å². The molecule has 1 aromatic rings. The number of nitrogens with zero attached hydrogens (tertiary/aromatic N) is 3. The van der Waals surface area contributed by atoms with E-state index >= 15 is 0 Å². The lowest BCUT2D eigenvalue weighted by Crippen LogP contribution is -2.35. The molecule has 1 aliphatic carbocycles. The normalized spacial score (nSPS) is 21.6. The number of hydrogen-bond donors (Lipinski definition) is 0. The third kappa shape index (κ3) is 2.93. The van der Waals surface area contributed by atoms with Crippen LogP contribution >= 0.6 is 0 Å². The maximum atomic E-state index is 11.1. The van der Waals surface area contributed by atoms with Crippen LogP contribution in [0.1, 0.15) is 45.6 Å². The molecule has 1 spiro atoms. The summed E-state index contributed by atoms with van der Waals surface area (Å²) in [7, 11) is 0. The van der Waals surface area contributed by atoms with Gasteiger partial charge < -0.3 is 14.2 Å². The van der Waals surface area contributed by atoms with Crippen molar-refractivity contribution in [2.45, 2.75) is 57.5 Å². The first-order chi connectivity index (χ1) is 10.5. The van der Waals surface area contributed by atoms with Gasteiger partial charge in [-0.05, 0) is 26.7 Å². The Morgan fingerprint density at radius 1 is 1.41 bits per heavy atom. The Morgan fingerprint density at radius 3 is 2.59 bits per heavy atom. The van der Waals surface area contributed by atoms with Gasteiger partial charge in [-0.25, -0.2) is 0 Å². The molecule has 22 heavy (non-hydrogen) atoms. The third-order valence-corrected chi connectivity index (χ3v) is 4.13. The number of hydrogen-bond acceptors (Lipinski definition) is 6. The fourth-order valence-corrected chi connectivity index (χ4v) is 3.08. The maximum absolute atomic E-state index is 11.1. The standard InChI is InChI=1S/C14H21N3O5/c1-10(2)22-13-12(17(18)19)9-16(15-13)11-3-5-14(6-4-11)20-7-8-21-14/h9-11H,3-8H2,1-2H3. The highest BCUT2D eigenvalue weighted by atomic mass is 16.7. The van der Waals surface area contributed by atoms with Gasteiger partial charge in [-0.3, -0.25) is 14.8 Å². The van der Waals surface area contributed by atoms with Crippen molar-refractivity contribution in [3.8, 4) is 5.88 Å². The van der Waals surface area contributed by atoms with E-state index in [-0.39, 0.29) is 23.7 Å². The molecule has 0 radical (unpaired) electrons. The van der Waals surface area contributed by atoms with Crippen LogP contribution in [0, 0.1) is 10.1 Å². The van der Waals surface area contributed by atoms with Crippen LogP contribution in [-0.4, -0.2) is 39.8 Å². The summed E-state index contributed by atoms with van der Waals surface area (Å²) in [6, 6.07) is 0.113. The molecule has 122 valence electrons. The molecular weight excluding hydrogens is 290 g/mol. The minimum atomic E-state index is -0.450. The second-order valence-corrected chi connectivity index (χ2v) is 6.06. The zero-order chi connectivity index (χ0) is 15.7. The van der Waals surface area contributed by atoms with Crippen molar-refractivity contribution in [2.24, 2.45) is 0 Å². The van der Waals surface area contributed by atoms with Gasteiger partial charge in [0.15, 0.2) is 5.79 Å². The SMILES string of the molecule is CC(C)Oc1nn(C2CCC3(CC2)OCCO3)cc1[N+](=O)[O-]. The van der Waals surface area contributed by atoms with E-state index in [0.717, 1.165) is 25.7 Å².